The second-order valence-electron chi connectivity index (χ2n) is 11.3. The summed E-state index contributed by atoms with van der Waals surface area (Å²) in [6.07, 6.45) is 3.00. The van der Waals surface area contributed by atoms with Crippen LogP contribution in [0.3, 0.4) is 0 Å². The van der Waals surface area contributed by atoms with E-state index in [1.54, 1.807) is 10.9 Å². The van der Waals surface area contributed by atoms with Crippen LogP contribution in [0, 0.1) is 0 Å². The topological polar surface area (TPSA) is 91.6 Å². The van der Waals surface area contributed by atoms with E-state index >= 15 is 0 Å². The van der Waals surface area contributed by atoms with Crippen LogP contribution in [0.1, 0.15) is 55.2 Å². The molecule has 1 saturated heterocycles. The molecule has 9 nitrogen and oxygen atoms in total. The van der Waals surface area contributed by atoms with Gasteiger partial charge in [-0.05, 0) is 54.7 Å². The molecule has 0 N–H and O–H groups in total. The Morgan fingerprint density at radius 1 is 1.05 bits per heavy atom. The summed E-state index contributed by atoms with van der Waals surface area (Å²) in [5.74, 6) is 0.520. The maximum atomic E-state index is 13.9. The van der Waals surface area contributed by atoms with Crippen LogP contribution in [-0.4, -0.2) is 62.1 Å². The number of amides is 1. The van der Waals surface area contributed by atoms with E-state index in [-0.39, 0.29) is 12.0 Å². The third-order valence-corrected chi connectivity index (χ3v) is 7.53. The minimum Gasteiger partial charge on any atom is -0.489 e. The van der Waals surface area contributed by atoms with Gasteiger partial charge in [-0.25, -0.2) is 9.97 Å². The van der Waals surface area contributed by atoms with Crippen LogP contribution in [0.2, 0.25) is 0 Å². The van der Waals surface area contributed by atoms with Gasteiger partial charge < -0.3 is 19.1 Å². The predicted octanol–water partition coefficient (Wildman–Crippen LogP) is 5.32. The number of aromatic nitrogens is 4. The number of ether oxygens (including phenoxy) is 3. The van der Waals surface area contributed by atoms with Crippen LogP contribution >= 0.6 is 0 Å². The molecule has 1 atom stereocenters. The molecule has 9 heteroatoms. The molecule has 41 heavy (non-hydrogen) atoms. The molecule has 6 rings (SSSR count). The molecule has 4 aromatic rings. The fourth-order valence-electron chi connectivity index (χ4n) is 5.35. The Labute approximate surface area is 240 Å². The number of carbonyl (C=O) groups is 1. The molecule has 1 unspecified atom stereocenters. The van der Waals surface area contributed by atoms with E-state index in [1.807, 2.05) is 49.1 Å². The first-order chi connectivity index (χ1) is 19.8. The lowest BCUT2D eigenvalue weighted by Crippen LogP contribution is -2.45. The number of rotatable bonds is 8. The second kappa shape index (κ2) is 11.1. The summed E-state index contributed by atoms with van der Waals surface area (Å²) < 4.78 is 19.6. The number of benzene rings is 2. The first kappa shape index (κ1) is 27.1. The maximum Gasteiger partial charge on any atom is 0.272 e. The first-order valence-electron chi connectivity index (χ1n) is 14.1. The van der Waals surface area contributed by atoms with Crippen molar-refractivity contribution in [2.75, 3.05) is 19.7 Å². The number of nitrogens with zero attached hydrogens (tertiary/aromatic N) is 5. The lowest BCUT2D eigenvalue weighted by atomic mass is 9.99. The van der Waals surface area contributed by atoms with Crippen LogP contribution in [-0.2, 0) is 22.6 Å². The largest absolute Gasteiger partial charge is 0.489 e. The van der Waals surface area contributed by atoms with Crippen molar-refractivity contribution < 1.29 is 19.0 Å². The number of hydrogen-bond acceptors (Lipinski definition) is 7. The summed E-state index contributed by atoms with van der Waals surface area (Å²) in [6, 6.07) is 18.1. The van der Waals surface area contributed by atoms with Crippen molar-refractivity contribution in [2.24, 2.45) is 0 Å². The monoisotopic (exact) mass is 553 g/mol. The molecule has 1 amide bonds. The van der Waals surface area contributed by atoms with Crippen molar-refractivity contribution in [3.8, 4) is 28.3 Å². The minimum atomic E-state index is -0.641. The van der Waals surface area contributed by atoms with Crippen LogP contribution in [0.15, 0.2) is 67.1 Å². The molecule has 1 fully saturated rings. The van der Waals surface area contributed by atoms with Gasteiger partial charge in [0, 0.05) is 24.8 Å². The Bertz CT molecular complexity index is 1510. The zero-order valence-corrected chi connectivity index (χ0v) is 23.9. The zero-order chi connectivity index (χ0) is 28.6. The van der Waals surface area contributed by atoms with Crippen LogP contribution in [0.5, 0.6) is 5.75 Å². The Balaban J connectivity index is 1.27. The predicted molar refractivity (Wildman–Crippen MR) is 154 cm³/mol. The van der Waals surface area contributed by atoms with Gasteiger partial charge in [-0.2, -0.15) is 5.10 Å². The van der Waals surface area contributed by atoms with Crippen molar-refractivity contribution in [1.82, 2.24) is 24.6 Å². The lowest BCUT2D eigenvalue weighted by molar-refractivity contribution is -0.139. The molecule has 2 aromatic heterocycles. The van der Waals surface area contributed by atoms with E-state index in [0.717, 1.165) is 22.4 Å². The Hall–Kier alpha value is -4.08. The van der Waals surface area contributed by atoms with Crippen molar-refractivity contribution in [3.63, 3.8) is 0 Å². The normalized spacial score (nSPS) is 18.1. The molecule has 2 aromatic carbocycles. The van der Waals surface area contributed by atoms with Gasteiger partial charge in [0.1, 0.15) is 36.2 Å². The summed E-state index contributed by atoms with van der Waals surface area (Å²) in [5.41, 5.74) is 5.89. The van der Waals surface area contributed by atoms with Gasteiger partial charge in [0.15, 0.2) is 5.79 Å². The van der Waals surface area contributed by atoms with Crippen LogP contribution < -0.4 is 4.74 Å². The third kappa shape index (κ3) is 5.73. The van der Waals surface area contributed by atoms with Crippen molar-refractivity contribution in [1.29, 1.82) is 0 Å². The average Bonchev–Trinajstić information content (AvgIpc) is 3.54. The fraction of sp³-hybridized carbons (Fsp3) is 0.375. The summed E-state index contributed by atoms with van der Waals surface area (Å²) in [5, 5.41) is 4.85. The summed E-state index contributed by atoms with van der Waals surface area (Å²) in [7, 11) is 0. The molecule has 0 aliphatic carbocycles. The molecule has 4 heterocycles. The number of carbonyl (C=O) groups excluding carboxylic acids is 1. The van der Waals surface area contributed by atoms with E-state index in [0.29, 0.717) is 55.8 Å². The Morgan fingerprint density at radius 3 is 2.49 bits per heavy atom. The highest BCUT2D eigenvalue weighted by atomic mass is 16.7. The van der Waals surface area contributed by atoms with Crippen LogP contribution in [0.4, 0.5) is 0 Å². The molecule has 212 valence electrons. The number of hydrogen-bond donors (Lipinski definition) is 0. The highest BCUT2D eigenvalue weighted by molar-refractivity contribution is 6.03. The smallest absolute Gasteiger partial charge is 0.272 e. The van der Waals surface area contributed by atoms with E-state index < -0.39 is 5.79 Å². The summed E-state index contributed by atoms with van der Waals surface area (Å²) in [4.78, 5) is 24.2. The van der Waals surface area contributed by atoms with Gasteiger partial charge in [0.05, 0.1) is 18.8 Å². The average molecular weight is 554 g/mol. The van der Waals surface area contributed by atoms with Gasteiger partial charge in [0.2, 0.25) is 0 Å². The molecular formula is C32H35N5O4. The van der Waals surface area contributed by atoms with Crippen molar-refractivity contribution in [3.05, 3.63) is 83.9 Å². The maximum absolute atomic E-state index is 13.9. The highest BCUT2D eigenvalue weighted by Gasteiger charge is 2.38. The Kier molecular flexibility index (Phi) is 7.32. The fourth-order valence-corrected chi connectivity index (χ4v) is 5.35. The summed E-state index contributed by atoms with van der Waals surface area (Å²) >= 11 is 0. The molecule has 0 spiro atoms. The highest BCUT2D eigenvalue weighted by Crippen LogP contribution is 2.37. The van der Waals surface area contributed by atoms with Crippen LogP contribution in [0.25, 0.3) is 22.5 Å². The molecule has 2 aliphatic heterocycles. The molecule has 2 aliphatic rings. The zero-order valence-electron chi connectivity index (χ0n) is 23.9. The van der Waals surface area contributed by atoms with E-state index in [4.69, 9.17) is 19.3 Å². The second-order valence-corrected chi connectivity index (χ2v) is 11.3. The van der Waals surface area contributed by atoms with Gasteiger partial charge in [-0.1, -0.05) is 50.2 Å². The standard InChI is InChI=1S/C32H35N5O4/c1-21(2)23-7-5-22(6-8-23)18-39-25-11-9-24(10-12-25)28-29(27-13-14-33-20-34-27)35-37-16-15-36(31(38)30(28)37)17-26-19-40-32(3,4)41-26/h5-14,20-21,26H,15-19H2,1-4H3. The van der Waals surface area contributed by atoms with Gasteiger partial charge in [-0.3, -0.25) is 9.48 Å². The van der Waals surface area contributed by atoms with Gasteiger partial charge in [-0.15, -0.1) is 0 Å². The molecule has 0 radical (unpaired) electrons. The van der Waals surface area contributed by atoms with E-state index in [1.165, 1.54) is 11.9 Å². The van der Waals surface area contributed by atoms with Gasteiger partial charge >= 0.3 is 0 Å². The molecule has 0 bridgehead atoms. The minimum absolute atomic E-state index is 0.0856. The lowest BCUT2D eigenvalue weighted by Gasteiger charge is -2.30. The van der Waals surface area contributed by atoms with Crippen molar-refractivity contribution >= 4 is 5.91 Å². The van der Waals surface area contributed by atoms with E-state index in [2.05, 4.69) is 48.1 Å². The first-order valence-corrected chi connectivity index (χ1v) is 14.1. The van der Waals surface area contributed by atoms with E-state index in [9.17, 15) is 4.79 Å². The SMILES string of the molecule is CC(C)c1ccc(COc2ccc(-c3c(-c4ccncn4)nn4c3C(=O)N(CC3COC(C)(C)O3)CC4)cc2)cc1. The van der Waals surface area contributed by atoms with Gasteiger partial charge in [0.25, 0.3) is 5.91 Å². The number of fused-ring (bicyclic) bond motifs is 1. The Morgan fingerprint density at radius 2 is 1.83 bits per heavy atom. The molecule has 0 saturated carbocycles. The van der Waals surface area contributed by atoms with Crippen molar-refractivity contribution in [2.45, 2.75) is 58.7 Å². The third-order valence-electron chi connectivity index (χ3n) is 7.53. The quantitative estimate of drug-likeness (QED) is 0.292. The summed E-state index contributed by atoms with van der Waals surface area (Å²) in [6.45, 7) is 10.7. The molecular weight excluding hydrogens is 518 g/mol.